The summed E-state index contributed by atoms with van der Waals surface area (Å²) in [6, 6.07) is 0. The number of rotatable bonds is 8. The number of hydrogen-bond acceptors (Lipinski definition) is 1. The van der Waals surface area contributed by atoms with E-state index in [0.29, 0.717) is 0 Å². The van der Waals surface area contributed by atoms with E-state index in [4.69, 9.17) is 16.7 Å². The van der Waals surface area contributed by atoms with Crippen LogP contribution in [0.5, 0.6) is 0 Å². The Balaban J connectivity index is 3.73. The van der Waals surface area contributed by atoms with Crippen LogP contribution < -0.4 is 0 Å². The second-order valence-corrected chi connectivity index (χ2v) is 5.55. The average Bonchev–Trinajstić information content (AvgIpc) is 2.11. The van der Waals surface area contributed by atoms with Gasteiger partial charge in [-0.3, -0.25) is 0 Å². The van der Waals surface area contributed by atoms with Crippen LogP contribution in [0.15, 0.2) is 0 Å². The molecule has 5 heteroatoms. The third-order valence-electron chi connectivity index (χ3n) is 2.16. The number of unbranched alkanes of at least 4 members (excludes halogenated alkanes) is 3. The van der Waals surface area contributed by atoms with Crippen molar-refractivity contribution in [1.29, 1.82) is 0 Å². The molecule has 90 valence electrons. The van der Waals surface area contributed by atoms with Crippen molar-refractivity contribution in [2.24, 2.45) is 0 Å². The number of aliphatic carboxylic acids is 1. The minimum atomic E-state index is -2.64. The van der Waals surface area contributed by atoms with Gasteiger partial charge >= 0.3 is 5.97 Å². The van der Waals surface area contributed by atoms with E-state index >= 15 is 0 Å². The smallest absolute Gasteiger partial charge is 0.357 e. The monoisotopic (exact) mass is 302 g/mol. The van der Waals surface area contributed by atoms with Crippen LogP contribution in [0.25, 0.3) is 0 Å². The van der Waals surface area contributed by atoms with E-state index < -0.39 is 11.1 Å². The molecule has 2 nitrogen and oxygen atoms in total. The second-order valence-electron chi connectivity index (χ2n) is 3.66. The molecule has 15 heavy (non-hydrogen) atoms. The predicted molar refractivity (Wildman–Crippen MR) is 63.4 cm³/mol. The number of halogens is 3. The molecule has 0 aliphatic carbocycles. The highest BCUT2D eigenvalue weighted by atomic mass is 79.9. The zero-order chi connectivity index (χ0) is 11.9. The van der Waals surface area contributed by atoms with Gasteiger partial charge in [-0.15, -0.1) is 0 Å². The van der Waals surface area contributed by atoms with E-state index in [2.05, 4.69) is 22.9 Å². The highest BCUT2D eigenvalue weighted by Gasteiger charge is 2.37. The first kappa shape index (κ1) is 15.2. The van der Waals surface area contributed by atoms with Crippen molar-refractivity contribution < 1.29 is 14.3 Å². The van der Waals surface area contributed by atoms with Crippen LogP contribution in [0, 0.1) is 0 Å². The van der Waals surface area contributed by atoms with Gasteiger partial charge in [0.15, 0.2) is 0 Å². The van der Waals surface area contributed by atoms with Gasteiger partial charge in [0.1, 0.15) is 0 Å². The summed E-state index contributed by atoms with van der Waals surface area (Å²) in [5, 5.41) is 5.83. The molecular weight excluding hydrogens is 286 g/mol. The van der Waals surface area contributed by atoms with E-state index in [1.54, 1.807) is 0 Å². The van der Waals surface area contributed by atoms with Crippen molar-refractivity contribution in [3.05, 3.63) is 0 Å². The van der Waals surface area contributed by atoms with Crippen LogP contribution in [0.4, 0.5) is 4.39 Å². The first-order chi connectivity index (χ1) is 6.90. The van der Waals surface area contributed by atoms with E-state index in [1.807, 2.05) is 0 Å². The molecule has 0 aliphatic rings. The zero-order valence-corrected chi connectivity index (χ0v) is 11.2. The first-order valence-electron chi connectivity index (χ1n) is 5.15. The Kier molecular flexibility index (Phi) is 7.53. The maximum atomic E-state index is 13.2. The summed E-state index contributed by atoms with van der Waals surface area (Å²) < 4.78 is 13.2. The summed E-state index contributed by atoms with van der Waals surface area (Å²) in [7, 11) is 0. The topological polar surface area (TPSA) is 37.3 Å². The molecule has 0 saturated heterocycles. The van der Waals surface area contributed by atoms with Gasteiger partial charge in [-0.1, -0.05) is 60.1 Å². The molecule has 0 heterocycles. The number of carboxylic acids is 1. The lowest BCUT2D eigenvalue weighted by Crippen LogP contribution is -2.29. The summed E-state index contributed by atoms with van der Waals surface area (Å²) in [5.41, 5.74) is 0. The number of carbonyl (C=O) groups is 1. The van der Waals surface area contributed by atoms with Crippen LogP contribution in [0.2, 0.25) is 0 Å². The highest BCUT2D eigenvalue weighted by Crippen LogP contribution is 2.29. The Morgan fingerprint density at radius 3 is 2.60 bits per heavy atom. The van der Waals surface area contributed by atoms with Gasteiger partial charge in [-0.05, 0) is 6.42 Å². The largest absolute Gasteiger partial charge is 0.478 e. The molecule has 0 rings (SSSR count). The second kappa shape index (κ2) is 7.44. The van der Waals surface area contributed by atoms with Gasteiger partial charge in [0.25, 0.3) is 5.13 Å². The molecule has 0 aromatic rings. The molecule has 0 radical (unpaired) electrons. The lowest BCUT2D eigenvalue weighted by atomic mass is 10.1. The van der Waals surface area contributed by atoms with Gasteiger partial charge in [0, 0.05) is 11.2 Å². The SMILES string of the molecule is CCCCCCC(Br)CC(F)(Cl)C(=O)O. The molecule has 0 aliphatic heterocycles. The molecular formula is C10H17BrClFO2. The summed E-state index contributed by atoms with van der Waals surface area (Å²) in [6.45, 7) is 2.11. The number of hydrogen-bond donors (Lipinski definition) is 1. The van der Waals surface area contributed by atoms with Gasteiger partial charge in [0.05, 0.1) is 0 Å². The summed E-state index contributed by atoms with van der Waals surface area (Å²) in [5.74, 6) is -1.61. The first-order valence-corrected chi connectivity index (χ1v) is 6.44. The molecule has 2 atom stereocenters. The van der Waals surface area contributed by atoms with Crippen molar-refractivity contribution in [3.8, 4) is 0 Å². The van der Waals surface area contributed by atoms with Crippen LogP contribution in [-0.4, -0.2) is 21.0 Å². The average molecular weight is 304 g/mol. The molecule has 0 spiro atoms. The zero-order valence-electron chi connectivity index (χ0n) is 8.81. The van der Waals surface area contributed by atoms with Gasteiger partial charge in [-0.25, -0.2) is 9.18 Å². The van der Waals surface area contributed by atoms with Crippen molar-refractivity contribution in [2.45, 2.75) is 55.4 Å². The third kappa shape index (κ3) is 7.12. The predicted octanol–water partition coefficient (Wildman–Crippen LogP) is 4.10. The van der Waals surface area contributed by atoms with Gasteiger partial charge in [0.2, 0.25) is 0 Å². The minimum Gasteiger partial charge on any atom is -0.478 e. The maximum Gasteiger partial charge on any atom is 0.357 e. The Morgan fingerprint density at radius 2 is 2.13 bits per heavy atom. The van der Waals surface area contributed by atoms with E-state index in [9.17, 15) is 9.18 Å². The van der Waals surface area contributed by atoms with Crippen LogP contribution in [-0.2, 0) is 4.79 Å². The van der Waals surface area contributed by atoms with Crippen LogP contribution in [0.3, 0.4) is 0 Å². The molecule has 1 N–H and O–H groups in total. The molecule has 0 saturated carbocycles. The molecule has 0 aromatic carbocycles. The van der Waals surface area contributed by atoms with Crippen LogP contribution in [0.1, 0.15) is 45.4 Å². The van der Waals surface area contributed by atoms with E-state index in [1.165, 1.54) is 0 Å². The highest BCUT2D eigenvalue weighted by molar-refractivity contribution is 9.09. The lowest BCUT2D eigenvalue weighted by Gasteiger charge is -2.16. The number of alkyl halides is 3. The van der Waals surface area contributed by atoms with E-state index in [0.717, 1.165) is 32.1 Å². The normalized spacial score (nSPS) is 17.1. The quantitative estimate of drug-likeness (QED) is 0.541. The number of carboxylic acid groups (broad SMARTS) is 1. The minimum absolute atomic E-state index is 0.173. The molecule has 0 fully saturated rings. The maximum absolute atomic E-state index is 13.2. The molecule has 0 bridgehead atoms. The summed E-state index contributed by atoms with van der Waals surface area (Å²) in [4.78, 5) is 10.2. The molecule has 2 unspecified atom stereocenters. The Labute approximate surface area is 103 Å². The Morgan fingerprint density at radius 1 is 1.53 bits per heavy atom. The lowest BCUT2D eigenvalue weighted by molar-refractivity contribution is -0.145. The standard InChI is InChI=1S/C10H17BrClFO2/c1-2-3-4-5-6-8(11)7-10(12,13)9(14)15/h8H,2-7H2,1H3,(H,14,15). The summed E-state index contributed by atoms with van der Waals surface area (Å²) in [6.07, 6.45) is 4.91. The third-order valence-corrected chi connectivity index (χ3v) is 3.26. The molecule has 0 aromatic heterocycles. The van der Waals surface area contributed by atoms with Crippen molar-refractivity contribution >= 4 is 33.5 Å². The fourth-order valence-corrected chi connectivity index (χ4v) is 2.40. The van der Waals surface area contributed by atoms with Gasteiger partial charge in [-0.2, -0.15) is 0 Å². The van der Waals surface area contributed by atoms with Crippen molar-refractivity contribution in [3.63, 3.8) is 0 Å². The molecule has 0 amide bonds. The van der Waals surface area contributed by atoms with Gasteiger partial charge < -0.3 is 5.11 Å². The van der Waals surface area contributed by atoms with Crippen molar-refractivity contribution in [1.82, 2.24) is 0 Å². The van der Waals surface area contributed by atoms with Crippen molar-refractivity contribution in [2.75, 3.05) is 0 Å². The fraction of sp³-hybridized carbons (Fsp3) is 0.900. The van der Waals surface area contributed by atoms with E-state index in [-0.39, 0.29) is 11.2 Å². The van der Waals surface area contributed by atoms with Crippen LogP contribution >= 0.6 is 27.5 Å². The Bertz CT molecular complexity index is 200. The fourth-order valence-electron chi connectivity index (χ4n) is 1.26. The summed E-state index contributed by atoms with van der Waals surface area (Å²) >= 11 is 8.46. The Hall–Kier alpha value is 0.170.